The molecule has 106 valence electrons. The van der Waals surface area contributed by atoms with Gasteiger partial charge in [0.15, 0.2) is 11.5 Å². The lowest BCUT2D eigenvalue weighted by Crippen LogP contribution is -2.28. The van der Waals surface area contributed by atoms with E-state index >= 15 is 0 Å². The summed E-state index contributed by atoms with van der Waals surface area (Å²) in [4.78, 5) is 15.6. The zero-order valence-electron chi connectivity index (χ0n) is 11.1. The van der Waals surface area contributed by atoms with Gasteiger partial charge in [0.2, 0.25) is 0 Å². The van der Waals surface area contributed by atoms with Gasteiger partial charge < -0.3 is 15.5 Å². The first-order chi connectivity index (χ1) is 9.60. The lowest BCUT2D eigenvalue weighted by Gasteiger charge is -2.12. The van der Waals surface area contributed by atoms with Crippen LogP contribution in [0, 0.1) is 0 Å². The first kappa shape index (κ1) is 13.8. The van der Waals surface area contributed by atoms with E-state index in [1.165, 1.54) is 11.2 Å². The summed E-state index contributed by atoms with van der Waals surface area (Å²) in [5, 5.41) is 5.48. The minimum Gasteiger partial charge on any atom is -0.461 e. The van der Waals surface area contributed by atoms with Crippen molar-refractivity contribution in [2.45, 2.75) is 13.5 Å². The smallest absolute Gasteiger partial charge is 0.355 e. The molecule has 2 heterocycles. The van der Waals surface area contributed by atoms with Crippen molar-refractivity contribution in [3.8, 4) is 0 Å². The highest BCUT2D eigenvalue weighted by atomic mass is 16.5. The average molecular weight is 276 g/mol. The number of nitrogens with two attached hydrogens (primary N) is 2. The van der Waals surface area contributed by atoms with E-state index in [0.29, 0.717) is 5.82 Å². The van der Waals surface area contributed by atoms with Crippen LogP contribution in [0.4, 0.5) is 0 Å². The van der Waals surface area contributed by atoms with E-state index in [1.54, 1.807) is 17.6 Å². The van der Waals surface area contributed by atoms with Crippen LogP contribution in [0.25, 0.3) is 5.65 Å². The summed E-state index contributed by atoms with van der Waals surface area (Å²) in [6.07, 6.45) is 3.08. The zero-order chi connectivity index (χ0) is 14.5. The molecule has 0 bridgehead atoms. The quantitative estimate of drug-likeness (QED) is 0.335. The summed E-state index contributed by atoms with van der Waals surface area (Å²) in [5.41, 5.74) is 6.20. The number of hydrogen-bond donors (Lipinski definition) is 2. The molecule has 2 aromatic rings. The van der Waals surface area contributed by atoms with Gasteiger partial charge >= 0.3 is 5.97 Å². The van der Waals surface area contributed by atoms with Gasteiger partial charge in [0.25, 0.3) is 0 Å². The second kappa shape index (κ2) is 6.02. The molecule has 0 aliphatic heterocycles. The monoisotopic (exact) mass is 276 g/mol. The summed E-state index contributed by atoms with van der Waals surface area (Å²) in [7, 11) is 0. The van der Waals surface area contributed by atoms with Crippen molar-refractivity contribution in [3.63, 3.8) is 0 Å². The summed E-state index contributed by atoms with van der Waals surface area (Å²) < 4.78 is 6.39. The third-order valence-electron chi connectivity index (χ3n) is 2.43. The molecule has 2 rings (SSSR count). The van der Waals surface area contributed by atoms with Gasteiger partial charge in [-0.3, -0.25) is 0 Å². The van der Waals surface area contributed by atoms with Crippen LogP contribution in [-0.4, -0.2) is 32.2 Å². The van der Waals surface area contributed by atoms with Crippen LogP contribution in [0.5, 0.6) is 0 Å². The molecule has 4 N–H and O–H groups in total. The van der Waals surface area contributed by atoms with Gasteiger partial charge in [0, 0.05) is 12.4 Å². The van der Waals surface area contributed by atoms with Crippen LogP contribution < -0.4 is 11.6 Å². The first-order valence-corrected chi connectivity index (χ1v) is 6.06. The van der Waals surface area contributed by atoms with Crippen LogP contribution in [-0.2, 0) is 16.1 Å². The second-order valence-electron chi connectivity index (χ2n) is 4.01. The highest BCUT2D eigenvalue weighted by molar-refractivity contribution is 5.87. The van der Waals surface area contributed by atoms with Crippen molar-refractivity contribution >= 4 is 11.6 Å². The van der Waals surface area contributed by atoms with E-state index in [0.717, 1.165) is 5.65 Å². The molecule has 0 atom stereocenters. The molecular weight excluding hydrogens is 260 g/mol. The third kappa shape index (κ3) is 3.23. The van der Waals surface area contributed by atoms with Gasteiger partial charge in [-0.25, -0.2) is 20.1 Å². The highest BCUT2D eigenvalue weighted by Crippen LogP contribution is 2.03. The molecule has 0 saturated carbocycles. The molecule has 0 spiro atoms. The lowest BCUT2D eigenvalue weighted by atomic mass is 10.4. The van der Waals surface area contributed by atoms with Crippen LogP contribution in [0.1, 0.15) is 12.7 Å². The van der Waals surface area contributed by atoms with Crippen molar-refractivity contribution in [1.29, 1.82) is 0 Å². The molecule has 0 fully saturated rings. The Morgan fingerprint density at radius 2 is 2.35 bits per heavy atom. The fraction of sp³-hybridized carbons (Fsp3) is 0.250. The number of carbonyl (C=O) groups is 1. The van der Waals surface area contributed by atoms with Crippen molar-refractivity contribution in [3.05, 3.63) is 42.1 Å². The Morgan fingerprint density at radius 1 is 1.55 bits per heavy atom. The molecule has 8 heteroatoms. The molecule has 0 saturated heterocycles. The van der Waals surface area contributed by atoms with Crippen LogP contribution in [0.3, 0.4) is 0 Å². The van der Waals surface area contributed by atoms with Crippen molar-refractivity contribution in [1.82, 2.24) is 19.6 Å². The number of aromatic nitrogens is 3. The number of carbonyl (C=O) groups excluding carboxylic acids is 1. The molecule has 8 nitrogen and oxygen atoms in total. The van der Waals surface area contributed by atoms with Gasteiger partial charge in [-0.15, -0.1) is 5.10 Å². The van der Waals surface area contributed by atoms with Gasteiger partial charge in [-0.05, 0) is 19.1 Å². The van der Waals surface area contributed by atoms with Crippen molar-refractivity contribution in [2.75, 3.05) is 6.61 Å². The molecule has 2 aromatic heterocycles. The Bertz CT molecular complexity index is 603. The van der Waals surface area contributed by atoms with Gasteiger partial charge in [-0.2, -0.15) is 0 Å². The number of hydrazine groups is 1. The summed E-state index contributed by atoms with van der Waals surface area (Å²) in [6.45, 7) is 2.18. The zero-order valence-corrected chi connectivity index (χ0v) is 11.1. The Hall–Kier alpha value is -2.61. The van der Waals surface area contributed by atoms with E-state index in [4.69, 9.17) is 16.3 Å². The third-order valence-corrected chi connectivity index (χ3v) is 2.43. The van der Waals surface area contributed by atoms with Crippen molar-refractivity contribution < 1.29 is 9.53 Å². The molecule has 0 aliphatic carbocycles. The number of nitrogens with zero attached hydrogens (tertiary/aromatic N) is 4. The van der Waals surface area contributed by atoms with E-state index < -0.39 is 5.97 Å². The fourth-order valence-electron chi connectivity index (χ4n) is 1.60. The van der Waals surface area contributed by atoms with Crippen LogP contribution in [0.15, 0.2) is 36.3 Å². The van der Waals surface area contributed by atoms with Gasteiger partial charge in [-0.1, -0.05) is 6.07 Å². The molecule has 0 aliphatic rings. The topological polar surface area (TPSA) is 112 Å². The Balaban J connectivity index is 2.05. The predicted octanol–water partition coefficient (Wildman–Crippen LogP) is -0.232. The summed E-state index contributed by atoms with van der Waals surface area (Å²) >= 11 is 0. The second-order valence-corrected chi connectivity index (χ2v) is 4.01. The number of ether oxygens (including phenoxy) is 1. The maximum Gasteiger partial charge on any atom is 0.355 e. The predicted molar refractivity (Wildman–Crippen MR) is 71.6 cm³/mol. The van der Waals surface area contributed by atoms with E-state index in [2.05, 4.69) is 10.1 Å². The minimum atomic E-state index is -0.606. The number of hydrogen-bond acceptors (Lipinski definition) is 7. The van der Waals surface area contributed by atoms with E-state index in [-0.39, 0.29) is 18.8 Å². The number of fused-ring (bicyclic) bond motifs is 1. The van der Waals surface area contributed by atoms with E-state index in [9.17, 15) is 4.79 Å². The molecular formula is C12H16N6O2. The number of rotatable bonds is 5. The standard InChI is InChI=1S/C12H16N6O2/c1-2-20-12(19)9(13)7-17(14)8-10-15-11-5-3-4-6-18(11)16-10/h3-7H,2,8,13-14H2,1H3/b9-7-. The summed E-state index contributed by atoms with van der Waals surface area (Å²) in [5.74, 6) is 5.66. The normalized spacial score (nSPS) is 11.6. The van der Waals surface area contributed by atoms with Gasteiger partial charge in [0.05, 0.1) is 13.2 Å². The Labute approximate surface area is 115 Å². The average Bonchev–Trinajstić information content (AvgIpc) is 2.80. The first-order valence-electron chi connectivity index (χ1n) is 6.06. The lowest BCUT2D eigenvalue weighted by molar-refractivity contribution is -0.138. The maximum absolute atomic E-state index is 11.3. The fourth-order valence-corrected chi connectivity index (χ4v) is 1.60. The van der Waals surface area contributed by atoms with Crippen LogP contribution in [0.2, 0.25) is 0 Å². The van der Waals surface area contributed by atoms with Crippen LogP contribution >= 0.6 is 0 Å². The highest BCUT2D eigenvalue weighted by Gasteiger charge is 2.09. The number of esters is 1. The molecule has 0 amide bonds. The molecule has 0 aromatic carbocycles. The van der Waals surface area contributed by atoms with Gasteiger partial charge in [0.1, 0.15) is 5.70 Å². The maximum atomic E-state index is 11.3. The van der Waals surface area contributed by atoms with Crippen molar-refractivity contribution in [2.24, 2.45) is 11.6 Å². The Kier molecular flexibility index (Phi) is 4.16. The molecule has 20 heavy (non-hydrogen) atoms. The van der Waals surface area contributed by atoms with E-state index in [1.807, 2.05) is 18.2 Å². The largest absolute Gasteiger partial charge is 0.461 e. The SMILES string of the molecule is CCOC(=O)/C(N)=C/N(N)Cc1nc2ccccn2n1. The molecule has 0 radical (unpaired) electrons. The molecule has 0 unspecified atom stereocenters. The summed E-state index contributed by atoms with van der Waals surface area (Å²) in [6, 6.07) is 5.55. The number of pyridine rings is 1. The minimum absolute atomic E-state index is 0.0712. The Morgan fingerprint density at radius 3 is 3.05 bits per heavy atom.